The van der Waals surface area contributed by atoms with Gasteiger partial charge in [-0.1, -0.05) is 19.3 Å². The summed E-state index contributed by atoms with van der Waals surface area (Å²) in [5.41, 5.74) is 4.79. The fourth-order valence-electron chi connectivity index (χ4n) is 2.79. The molecule has 1 saturated carbocycles. The summed E-state index contributed by atoms with van der Waals surface area (Å²) < 4.78 is 4.68. The molecule has 3 N–H and O–H groups in total. The molecule has 1 fully saturated rings. The number of carbonyl (C=O) groups is 2. The Kier molecular flexibility index (Phi) is 5.35. The Morgan fingerprint density at radius 2 is 1.84 bits per heavy atom. The number of esters is 1. The van der Waals surface area contributed by atoms with Crippen molar-refractivity contribution in [1.82, 2.24) is 5.32 Å². The minimum absolute atomic E-state index is 0.0888. The van der Waals surface area contributed by atoms with Crippen LogP contribution in [0.5, 0.6) is 0 Å². The van der Waals surface area contributed by atoms with Crippen molar-refractivity contribution in [1.29, 1.82) is 0 Å². The first-order chi connectivity index (χ1) is 8.85. The Hall–Kier alpha value is -1.10. The van der Waals surface area contributed by atoms with Gasteiger partial charge in [0.25, 0.3) is 0 Å². The summed E-state index contributed by atoms with van der Waals surface area (Å²) in [7, 11) is 1.32. The second-order valence-electron chi connectivity index (χ2n) is 6.11. The molecule has 19 heavy (non-hydrogen) atoms. The second-order valence-corrected chi connectivity index (χ2v) is 6.11. The van der Waals surface area contributed by atoms with Crippen LogP contribution in [-0.2, 0) is 14.3 Å². The van der Waals surface area contributed by atoms with Crippen molar-refractivity contribution < 1.29 is 14.3 Å². The summed E-state index contributed by atoms with van der Waals surface area (Å²) in [6, 6.07) is 0. The Labute approximate surface area is 115 Å². The van der Waals surface area contributed by atoms with Gasteiger partial charge >= 0.3 is 5.97 Å². The van der Waals surface area contributed by atoms with Gasteiger partial charge in [0.05, 0.1) is 7.11 Å². The monoisotopic (exact) mass is 270 g/mol. The molecule has 5 nitrogen and oxygen atoms in total. The van der Waals surface area contributed by atoms with Crippen LogP contribution in [0.2, 0.25) is 0 Å². The quantitative estimate of drug-likeness (QED) is 0.739. The summed E-state index contributed by atoms with van der Waals surface area (Å²) in [6.07, 6.45) is 5.86. The topological polar surface area (TPSA) is 81.4 Å². The molecule has 0 aromatic heterocycles. The molecule has 5 heteroatoms. The van der Waals surface area contributed by atoms with Crippen molar-refractivity contribution in [2.75, 3.05) is 13.7 Å². The molecule has 0 radical (unpaired) electrons. The van der Waals surface area contributed by atoms with E-state index in [0.29, 0.717) is 13.0 Å². The second kappa shape index (κ2) is 6.37. The molecule has 0 heterocycles. The van der Waals surface area contributed by atoms with Gasteiger partial charge in [-0.3, -0.25) is 4.79 Å². The molecule has 0 aromatic rings. The first-order valence-electron chi connectivity index (χ1n) is 6.95. The average molecular weight is 270 g/mol. The van der Waals surface area contributed by atoms with Gasteiger partial charge in [0.15, 0.2) is 0 Å². The minimum Gasteiger partial charge on any atom is -0.467 e. The largest absolute Gasteiger partial charge is 0.467 e. The van der Waals surface area contributed by atoms with Gasteiger partial charge in [-0.05, 0) is 38.6 Å². The number of nitrogens with one attached hydrogen (secondary N) is 1. The molecule has 0 unspecified atom stereocenters. The van der Waals surface area contributed by atoms with E-state index in [0.717, 1.165) is 25.7 Å². The zero-order chi connectivity index (χ0) is 14.5. The highest BCUT2D eigenvalue weighted by atomic mass is 16.5. The van der Waals surface area contributed by atoms with Crippen LogP contribution in [-0.4, -0.2) is 31.1 Å². The Morgan fingerprint density at radius 3 is 2.32 bits per heavy atom. The van der Waals surface area contributed by atoms with E-state index >= 15 is 0 Å². The van der Waals surface area contributed by atoms with E-state index in [9.17, 15) is 9.59 Å². The number of ether oxygens (including phenoxy) is 1. The lowest BCUT2D eigenvalue weighted by Crippen LogP contribution is -2.52. The summed E-state index contributed by atoms with van der Waals surface area (Å²) in [5.74, 6) is -0.561. The van der Waals surface area contributed by atoms with E-state index in [1.807, 2.05) is 0 Å². The van der Waals surface area contributed by atoms with E-state index in [1.54, 1.807) is 13.8 Å². The van der Waals surface area contributed by atoms with E-state index in [1.165, 1.54) is 13.5 Å². The smallest absolute Gasteiger partial charge is 0.330 e. The fraction of sp³-hybridized carbons (Fsp3) is 0.857. The number of nitrogens with two attached hydrogens (primary N) is 1. The summed E-state index contributed by atoms with van der Waals surface area (Å²) in [6.45, 7) is 3.82. The van der Waals surface area contributed by atoms with Crippen LogP contribution >= 0.6 is 0 Å². The summed E-state index contributed by atoms with van der Waals surface area (Å²) in [4.78, 5) is 23.7. The first kappa shape index (κ1) is 16.0. The maximum atomic E-state index is 12.1. The number of hydrogen-bond donors (Lipinski definition) is 2. The van der Waals surface area contributed by atoms with Gasteiger partial charge in [0.1, 0.15) is 5.54 Å². The van der Waals surface area contributed by atoms with Crippen LogP contribution in [0.3, 0.4) is 0 Å². The Morgan fingerprint density at radius 1 is 1.26 bits per heavy atom. The lowest BCUT2D eigenvalue weighted by atomic mass is 9.71. The van der Waals surface area contributed by atoms with Crippen LogP contribution in [0.15, 0.2) is 0 Å². The lowest BCUT2D eigenvalue weighted by molar-refractivity contribution is -0.149. The lowest BCUT2D eigenvalue weighted by Gasteiger charge is -2.36. The maximum absolute atomic E-state index is 12.1. The highest BCUT2D eigenvalue weighted by Crippen LogP contribution is 2.38. The minimum atomic E-state index is -0.990. The van der Waals surface area contributed by atoms with E-state index in [-0.39, 0.29) is 11.3 Å². The molecule has 0 saturated heterocycles. The molecule has 0 aliphatic heterocycles. The number of carbonyl (C=O) groups excluding carboxylic acids is 2. The van der Waals surface area contributed by atoms with Gasteiger partial charge in [-0.2, -0.15) is 0 Å². The molecule has 1 amide bonds. The van der Waals surface area contributed by atoms with Crippen LogP contribution in [0.1, 0.15) is 52.4 Å². The standard InChI is InChI=1S/C14H26N2O3/c1-13(2,12(18)19-3)16-11(17)9-14(10-15)7-5-4-6-8-14/h4-10,15H2,1-3H3,(H,16,17). The zero-order valence-corrected chi connectivity index (χ0v) is 12.3. The fourth-order valence-corrected chi connectivity index (χ4v) is 2.79. The molecular formula is C14H26N2O3. The van der Waals surface area contributed by atoms with Crippen LogP contribution in [0, 0.1) is 5.41 Å². The number of amides is 1. The number of methoxy groups -OCH3 is 1. The molecular weight excluding hydrogens is 244 g/mol. The van der Waals surface area contributed by atoms with Gasteiger partial charge in [0.2, 0.25) is 5.91 Å². The van der Waals surface area contributed by atoms with Gasteiger partial charge in [-0.15, -0.1) is 0 Å². The molecule has 1 aliphatic rings. The average Bonchev–Trinajstić information content (AvgIpc) is 2.37. The summed E-state index contributed by atoms with van der Waals surface area (Å²) in [5, 5.41) is 2.74. The third kappa shape index (κ3) is 4.20. The van der Waals surface area contributed by atoms with Crippen molar-refractivity contribution in [3.8, 4) is 0 Å². The molecule has 0 aromatic carbocycles. The first-order valence-corrected chi connectivity index (χ1v) is 6.95. The zero-order valence-electron chi connectivity index (χ0n) is 12.3. The van der Waals surface area contributed by atoms with Crippen molar-refractivity contribution in [2.45, 2.75) is 57.9 Å². The molecule has 1 rings (SSSR count). The van der Waals surface area contributed by atoms with Crippen LogP contribution in [0.4, 0.5) is 0 Å². The number of rotatable bonds is 5. The number of hydrogen-bond acceptors (Lipinski definition) is 4. The summed E-state index contributed by atoms with van der Waals surface area (Å²) >= 11 is 0. The predicted octanol–water partition coefficient (Wildman–Crippen LogP) is 1.35. The Bertz CT molecular complexity index is 334. The molecule has 1 aliphatic carbocycles. The highest BCUT2D eigenvalue weighted by molar-refractivity contribution is 5.87. The normalized spacial score (nSPS) is 18.7. The third-order valence-corrected chi connectivity index (χ3v) is 4.03. The van der Waals surface area contributed by atoms with Gasteiger partial charge in [0, 0.05) is 6.42 Å². The van der Waals surface area contributed by atoms with Crippen molar-refractivity contribution >= 4 is 11.9 Å². The van der Waals surface area contributed by atoms with Crippen molar-refractivity contribution in [3.05, 3.63) is 0 Å². The maximum Gasteiger partial charge on any atom is 0.330 e. The van der Waals surface area contributed by atoms with E-state index in [2.05, 4.69) is 10.1 Å². The van der Waals surface area contributed by atoms with Gasteiger partial charge < -0.3 is 15.8 Å². The molecule has 0 spiro atoms. The Balaban J connectivity index is 2.61. The van der Waals surface area contributed by atoms with Crippen LogP contribution in [0.25, 0.3) is 0 Å². The molecule has 0 bridgehead atoms. The predicted molar refractivity (Wildman–Crippen MR) is 73.4 cm³/mol. The van der Waals surface area contributed by atoms with Crippen molar-refractivity contribution in [2.24, 2.45) is 11.1 Å². The third-order valence-electron chi connectivity index (χ3n) is 4.03. The molecule has 110 valence electrons. The van der Waals surface area contributed by atoms with E-state index in [4.69, 9.17) is 5.73 Å². The highest BCUT2D eigenvalue weighted by Gasteiger charge is 2.36. The van der Waals surface area contributed by atoms with E-state index < -0.39 is 11.5 Å². The van der Waals surface area contributed by atoms with Crippen LogP contribution < -0.4 is 11.1 Å². The molecule has 0 atom stereocenters. The van der Waals surface area contributed by atoms with Gasteiger partial charge in [-0.25, -0.2) is 4.79 Å². The SMILES string of the molecule is COC(=O)C(C)(C)NC(=O)CC1(CN)CCCCC1. The van der Waals surface area contributed by atoms with Crippen molar-refractivity contribution in [3.63, 3.8) is 0 Å².